The van der Waals surface area contributed by atoms with Crippen molar-refractivity contribution in [3.8, 4) is 34.4 Å². The van der Waals surface area contributed by atoms with Crippen LogP contribution in [0, 0.1) is 0 Å². The van der Waals surface area contributed by atoms with Gasteiger partial charge in [-0.2, -0.15) is 9.97 Å². The van der Waals surface area contributed by atoms with Crippen LogP contribution in [0.15, 0.2) is 156 Å². The third-order valence-electron chi connectivity index (χ3n) is 9.53. The van der Waals surface area contributed by atoms with Crippen molar-refractivity contribution in [2.45, 2.75) is 0 Å². The lowest BCUT2D eigenvalue weighted by Gasteiger charge is -2.11. The molecule has 50 heavy (non-hydrogen) atoms. The maximum atomic E-state index is 6.39. The van der Waals surface area contributed by atoms with Crippen LogP contribution in [-0.2, 0) is 0 Å². The summed E-state index contributed by atoms with van der Waals surface area (Å²) in [5.41, 5.74) is 9.35. The first-order valence-electron chi connectivity index (χ1n) is 16.5. The van der Waals surface area contributed by atoms with E-state index in [4.69, 9.17) is 24.4 Å². The number of hydrogen-bond acceptors (Lipinski definition) is 5. The van der Waals surface area contributed by atoms with Gasteiger partial charge in [-0.05, 0) is 48.5 Å². The fourth-order valence-electron chi connectivity index (χ4n) is 7.30. The average Bonchev–Trinajstić information content (AvgIpc) is 3.91. The van der Waals surface area contributed by atoms with Crippen LogP contribution >= 0.6 is 0 Å². The highest BCUT2D eigenvalue weighted by molar-refractivity contribution is 6.10. The Labute approximate surface area is 284 Å². The molecule has 0 unspecified atom stereocenters. The zero-order valence-electron chi connectivity index (χ0n) is 26.5. The van der Waals surface area contributed by atoms with E-state index >= 15 is 0 Å². The quantitative estimate of drug-likeness (QED) is 0.191. The molecule has 0 fully saturated rings. The number of hydrogen-bond donors (Lipinski definition) is 0. The van der Waals surface area contributed by atoms with Gasteiger partial charge in [0.25, 0.3) is 0 Å². The minimum absolute atomic E-state index is 0.561. The lowest BCUT2D eigenvalue weighted by Crippen LogP contribution is -2.06. The third-order valence-corrected chi connectivity index (χ3v) is 9.53. The molecule has 0 aliphatic heterocycles. The molecule has 0 saturated heterocycles. The number of imidazole rings is 2. The van der Waals surface area contributed by atoms with Gasteiger partial charge in [-0.25, -0.2) is 14.4 Å². The van der Waals surface area contributed by atoms with Crippen molar-refractivity contribution in [2.24, 2.45) is 0 Å². The Hall–Kier alpha value is -7.06. The molecule has 8 heteroatoms. The van der Waals surface area contributed by atoms with E-state index in [0.717, 1.165) is 77.6 Å². The number of fused-ring (bicyclic) bond motifs is 10. The summed E-state index contributed by atoms with van der Waals surface area (Å²) in [5, 5.41) is 3.18. The highest BCUT2D eigenvalue weighted by Crippen LogP contribution is 2.37. The fourth-order valence-corrected chi connectivity index (χ4v) is 7.30. The van der Waals surface area contributed by atoms with Gasteiger partial charge < -0.3 is 4.42 Å². The maximum Gasteiger partial charge on any atom is 0.238 e. The Kier molecular flexibility index (Phi) is 5.51. The first kappa shape index (κ1) is 26.9. The van der Waals surface area contributed by atoms with Gasteiger partial charge in [0.1, 0.15) is 11.1 Å². The maximum absolute atomic E-state index is 6.39. The highest BCUT2D eigenvalue weighted by Gasteiger charge is 2.23. The van der Waals surface area contributed by atoms with Crippen LogP contribution in [0.25, 0.3) is 95.2 Å². The number of aromatic nitrogens is 7. The summed E-state index contributed by atoms with van der Waals surface area (Å²) in [6, 6.07) is 51.5. The molecular formula is C42H25N7O. The molecule has 5 aromatic heterocycles. The van der Waals surface area contributed by atoms with E-state index in [1.807, 2.05) is 78.9 Å². The number of benzene rings is 6. The standard InChI is InChI=1S/C42H25N7O/c1-3-13-26(14-4-1)38-44-39(27-15-5-2-6-16-27)46-41(45-38)48-32-19-9-7-17-29(32)31-25-28(23-24-33(31)48)47-34-20-10-11-21-35(34)49-40-37(43-42(47)49)30-18-8-12-22-36(30)50-40/h1-25H. The molecule has 0 bridgehead atoms. The minimum Gasteiger partial charge on any atom is -0.437 e. The molecule has 0 atom stereocenters. The third kappa shape index (κ3) is 3.81. The molecule has 0 spiro atoms. The molecule has 5 heterocycles. The molecule has 0 amide bonds. The minimum atomic E-state index is 0.561. The average molecular weight is 644 g/mol. The van der Waals surface area contributed by atoms with Gasteiger partial charge in [-0.15, -0.1) is 0 Å². The first-order valence-corrected chi connectivity index (χ1v) is 16.5. The van der Waals surface area contributed by atoms with E-state index in [-0.39, 0.29) is 0 Å². The Bertz CT molecular complexity index is 3040. The molecule has 8 nitrogen and oxygen atoms in total. The van der Waals surface area contributed by atoms with E-state index in [0.29, 0.717) is 17.6 Å². The number of rotatable bonds is 4. The van der Waals surface area contributed by atoms with E-state index in [1.165, 1.54) is 0 Å². The van der Waals surface area contributed by atoms with Crippen LogP contribution in [-0.4, -0.2) is 33.5 Å². The second-order valence-corrected chi connectivity index (χ2v) is 12.4. The normalized spacial score (nSPS) is 12.0. The van der Waals surface area contributed by atoms with Crippen LogP contribution in [0.3, 0.4) is 0 Å². The Balaban J connectivity index is 1.18. The van der Waals surface area contributed by atoms with E-state index < -0.39 is 0 Å². The van der Waals surface area contributed by atoms with Gasteiger partial charge in [0.2, 0.25) is 17.4 Å². The van der Waals surface area contributed by atoms with Crippen molar-refractivity contribution in [1.82, 2.24) is 33.5 Å². The number of furan rings is 1. The monoisotopic (exact) mass is 643 g/mol. The van der Waals surface area contributed by atoms with Crippen LogP contribution in [0.2, 0.25) is 0 Å². The van der Waals surface area contributed by atoms with Gasteiger partial charge >= 0.3 is 0 Å². The molecule has 0 aliphatic rings. The van der Waals surface area contributed by atoms with Crippen LogP contribution in [0.5, 0.6) is 0 Å². The predicted octanol–water partition coefficient (Wildman–Crippen LogP) is 9.79. The fraction of sp³-hybridized carbons (Fsp3) is 0. The van der Waals surface area contributed by atoms with E-state index in [9.17, 15) is 0 Å². The SMILES string of the molecule is c1ccc(-c2nc(-c3ccccc3)nc(-n3c4ccccc4c4cc(-n5c6ccccc6n6c7oc8ccccc8c7nc56)ccc43)n2)cc1. The summed E-state index contributed by atoms with van der Waals surface area (Å²) in [6.07, 6.45) is 0. The smallest absolute Gasteiger partial charge is 0.238 e. The topological polar surface area (TPSA) is 79.0 Å². The molecule has 0 aliphatic carbocycles. The second-order valence-electron chi connectivity index (χ2n) is 12.4. The molecule has 0 radical (unpaired) electrons. The van der Waals surface area contributed by atoms with Crippen molar-refractivity contribution in [3.63, 3.8) is 0 Å². The molecule has 0 N–H and O–H groups in total. The molecule has 6 aromatic carbocycles. The number of nitrogens with zero attached hydrogens (tertiary/aromatic N) is 7. The van der Waals surface area contributed by atoms with Crippen molar-refractivity contribution in [2.75, 3.05) is 0 Å². The molecule has 0 saturated carbocycles. The first-order chi connectivity index (χ1) is 24.8. The number of para-hydroxylation sites is 4. The zero-order chi connectivity index (χ0) is 32.8. The van der Waals surface area contributed by atoms with E-state index in [1.54, 1.807) is 0 Å². The van der Waals surface area contributed by atoms with Crippen molar-refractivity contribution in [1.29, 1.82) is 0 Å². The van der Waals surface area contributed by atoms with Gasteiger partial charge in [0.05, 0.1) is 22.1 Å². The molecule has 234 valence electrons. The molecule has 11 rings (SSSR count). The molecule has 11 aromatic rings. The lowest BCUT2D eigenvalue weighted by atomic mass is 10.1. The van der Waals surface area contributed by atoms with Crippen molar-refractivity contribution >= 4 is 60.8 Å². The zero-order valence-corrected chi connectivity index (χ0v) is 26.5. The second kappa shape index (κ2) is 10.2. The van der Waals surface area contributed by atoms with Gasteiger partial charge in [0, 0.05) is 33.0 Å². The van der Waals surface area contributed by atoms with Crippen molar-refractivity contribution < 1.29 is 4.42 Å². The lowest BCUT2D eigenvalue weighted by molar-refractivity contribution is 0.651. The summed E-state index contributed by atoms with van der Waals surface area (Å²) in [7, 11) is 0. The Morgan fingerprint density at radius 3 is 1.78 bits per heavy atom. The summed E-state index contributed by atoms with van der Waals surface area (Å²) in [6.45, 7) is 0. The van der Waals surface area contributed by atoms with Crippen LogP contribution in [0.4, 0.5) is 0 Å². The summed E-state index contributed by atoms with van der Waals surface area (Å²) < 4.78 is 12.9. The van der Waals surface area contributed by atoms with Crippen molar-refractivity contribution in [3.05, 3.63) is 152 Å². The van der Waals surface area contributed by atoms with Gasteiger partial charge in [-0.1, -0.05) is 103 Å². The summed E-state index contributed by atoms with van der Waals surface area (Å²) in [5.74, 6) is 2.60. The van der Waals surface area contributed by atoms with Crippen LogP contribution < -0.4 is 0 Å². The predicted molar refractivity (Wildman–Crippen MR) is 198 cm³/mol. The Morgan fingerprint density at radius 1 is 0.440 bits per heavy atom. The van der Waals surface area contributed by atoms with Crippen LogP contribution in [0.1, 0.15) is 0 Å². The van der Waals surface area contributed by atoms with E-state index in [2.05, 4.69) is 86.3 Å². The largest absolute Gasteiger partial charge is 0.437 e. The highest BCUT2D eigenvalue weighted by atomic mass is 16.3. The summed E-state index contributed by atoms with van der Waals surface area (Å²) >= 11 is 0. The molecular weight excluding hydrogens is 619 g/mol. The van der Waals surface area contributed by atoms with Gasteiger partial charge in [0.15, 0.2) is 11.6 Å². The van der Waals surface area contributed by atoms with Gasteiger partial charge in [-0.3, -0.25) is 9.13 Å². The summed E-state index contributed by atoms with van der Waals surface area (Å²) in [4.78, 5) is 20.3. The Morgan fingerprint density at radius 2 is 1.04 bits per heavy atom.